The Morgan fingerprint density at radius 2 is 1.77 bits per heavy atom. The summed E-state index contributed by atoms with van der Waals surface area (Å²) in [6, 6.07) is 12.7. The summed E-state index contributed by atoms with van der Waals surface area (Å²) in [4.78, 5) is 27.4. The minimum Gasteiger partial charge on any atom is -0.350 e. The van der Waals surface area contributed by atoms with Crippen LogP contribution in [0.5, 0.6) is 0 Å². The largest absolute Gasteiger partial charge is 0.458 e. The van der Waals surface area contributed by atoms with E-state index in [1.807, 2.05) is 0 Å². The van der Waals surface area contributed by atoms with E-state index in [2.05, 4.69) is 20.6 Å². The maximum absolute atomic E-state index is 12.8. The van der Waals surface area contributed by atoms with Crippen LogP contribution in [0.2, 0.25) is 0 Å². The van der Waals surface area contributed by atoms with Crippen LogP contribution in [0.15, 0.2) is 53.7 Å². The van der Waals surface area contributed by atoms with Crippen molar-refractivity contribution in [1.82, 2.24) is 5.32 Å². The second-order valence-electron chi connectivity index (χ2n) is 6.73. The smallest absolute Gasteiger partial charge is 0.350 e. The summed E-state index contributed by atoms with van der Waals surface area (Å²) >= 11 is 0. The van der Waals surface area contributed by atoms with Crippen LogP contribution in [0.4, 0.5) is 18.9 Å². The number of rotatable bonds is 5. The second kappa shape index (κ2) is 8.15. The number of anilines is 1. The van der Waals surface area contributed by atoms with E-state index in [-0.39, 0.29) is 24.1 Å². The van der Waals surface area contributed by atoms with E-state index in [0.717, 1.165) is 0 Å². The van der Waals surface area contributed by atoms with Gasteiger partial charge < -0.3 is 20.6 Å². The average Bonchev–Trinajstić information content (AvgIpc) is 3.10. The summed E-state index contributed by atoms with van der Waals surface area (Å²) in [6.07, 6.45) is -5.76. The Morgan fingerprint density at radius 3 is 2.30 bits per heavy atom. The lowest BCUT2D eigenvalue weighted by Crippen LogP contribution is -2.45. The van der Waals surface area contributed by atoms with Crippen molar-refractivity contribution >= 4 is 23.2 Å². The molecule has 0 fully saturated rings. The van der Waals surface area contributed by atoms with E-state index in [4.69, 9.17) is 0 Å². The molecule has 1 aliphatic rings. The Kier molecular flexibility index (Phi) is 5.79. The van der Waals surface area contributed by atoms with Gasteiger partial charge in [-0.15, -0.1) is 0 Å². The molecule has 2 amide bonds. The van der Waals surface area contributed by atoms with Crippen molar-refractivity contribution in [2.75, 3.05) is 5.32 Å². The van der Waals surface area contributed by atoms with Crippen molar-refractivity contribution in [3.05, 3.63) is 65.2 Å². The lowest BCUT2D eigenvalue weighted by Gasteiger charge is -2.22. The molecule has 2 aromatic carbocycles. The molecule has 2 aromatic rings. The first-order valence-electron chi connectivity index (χ1n) is 8.87. The molecule has 30 heavy (non-hydrogen) atoms. The van der Waals surface area contributed by atoms with Gasteiger partial charge in [-0.25, -0.2) is 0 Å². The highest BCUT2D eigenvalue weighted by molar-refractivity contribution is 6.01. The van der Waals surface area contributed by atoms with Gasteiger partial charge in [0.2, 0.25) is 5.91 Å². The van der Waals surface area contributed by atoms with Gasteiger partial charge in [0.1, 0.15) is 0 Å². The van der Waals surface area contributed by atoms with E-state index in [0.29, 0.717) is 22.4 Å². The number of amides is 2. The maximum Gasteiger partial charge on any atom is 0.458 e. The molecule has 1 unspecified atom stereocenters. The predicted molar refractivity (Wildman–Crippen MR) is 102 cm³/mol. The number of nitrogens with zero attached hydrogens (tertiary/aromatic N) is 1. The van der Waals surface area contributed by atoms with Crippen molar-refractivity contribution in [2.24, 2.45) is 5.16 Å². The topological polar surface area (TPSA) is 100 Å². The molecule has 1 heterocycles. The molecule has 7 nitrogen and oxygen atoms in total. The van der Waals surface area contributed by atoms with E-state index in [1.165, 1.54) is 19.1 Å². The maximum atomic E-state index is 12.8. The fourth-order valence-electron chi connectivity index (χ4n) is 2.74. The summed E-state index contributed by atoms with van der Waals surface area (Å²) in [5.74, 6) is -3.85. The summed E-state index contributed by atoms with van der Waals surface area (Å²) in [5.41, 5.74) is 2.05. The highest BCUT2D eigenvalue weighted by Crippen LogP contribution is 2.38. The number of carbonyl (C=O) groups excluding carboxylic acids is 2. The normalized spacial score (nSPS) is 18.4. The Bertz CT molecular complexity index is 972. The van der Waals surface area contributed by atoms with Crippen molar-refractivity contribution in [3.63, 3.8) is 0 Å². The third-order valence-corrected chi connectivity index (χ3v) is 4.36. The Labute approximate surface area is 169 Å². The summed E-state index contributed by atoms with van der Waals surface area (Å²) < 4.78 is 38.4. The second-order valence-corrected chi connectivity index (χ2v) is 6.73. The van der Waals surface area contributed by atoms with Crippen LogP contribution < -0.4 is 10.6 Å². The number of benzene rings is 2. The molecule has 0 aromatic heterocycles. The standard InChI is InChI=1S/C20H18F3N3O4/c1-12(27)25-16-8-6-15(7-9-16)18(28)24-11-13-2-4-14(5-3-13)17-10-19(29,30-26-17)20(21,22)23/h2-9,29H,10-11H2,1H3,(H,24,28)(H,25,27). The zero-order chi connectivity index (χ0) is 21.9. The fraction of sp³-hybridized carbons (Fsp3) is 0.250. The van der Waals surface area contributed by atoms with E-state index in [9.17, 15) is 27.9 Å². The van der Waals surface area contributed by atoms with Crippen LogP contribution in [0, 0.1) is 0 Å². The monoisotopic (exact) mass is 421 g/mol. The van der Waals surface area contributed by atoms with Crippen molar-refractivity contribution in [1.29, 1.82) is 0 Å². The molecule has 158 valence electrons. The third-order valence-electron chi connectivity index (χ3n) is 4.36. The van der Waals surface area contributed by atoms with E-state index in [1.54, 1.807) is 36.4 Å². The first kappa shape index (κ1) is 21.3. The van der Waals surface area contributed by atoms with Crippen LogP contribution >= 0.6 is 0 Å². The van der Waals surface area contributed by atoms with Crippen molar-refractivity contribution in [2.45, 2.75) is 31.9 Å². The average molecular weight is 421 g/mol. The zero-order valence-corrected chi connectivity index (χ0v) is 15.8. The molecule has 0 saturated heterocycles. The zero-order valence-electron chi connectivity index (χ0n) is 15.8. The van der Waals surface area contributed by atoms with Gasteiger partial charge in [-0.2, -0.15) is 13.2 Å². The van der Waals surface area contributed by atoms with Crippen molar-refractivity contribution < 1.29 is 32.7 Å². The Morgan fingerprint density at radius 1 is 1.13 bits per heavy atom. The van der Waals surface area contributed by atoms with Crippen LogP contribution in [0.1, 0.15) is 34.8 Å². The van der Waals surface area contributed by atoms with Crippen LogP contribution in [-0.2, 0) is 16.2 Å². The third kappa shape index (κ3) is 4.77. The first-order chi connectivity index (χ1) is 14.1. The van der Waals surface area contributed by atoms with Crippen LogP contribution in [0.25, 0.3) is 0 Å². The first-order valence-corrected chi connectivity index (χ1v) is 8.87. The van der Waals surface area contributed by atoms with Crippen molar-refractivity contribution in [3.8, 4) is 0 Å². The molecule has 3 rings (SSSR count). The SMILES string of the molecule is CC(=O)Nc1ccc(C(=O)NCc2ccc(C3=NOC(O)(C(F)(F)F)C3)cc2)cc1. The van der Waals surface area contributed by atoms with Crippen LogP contribution in [-0.4, -0.2) is 34.6 Å². The number of oxime groups is 1. The lowest BCUT2D eigenvalue weighted by atomic mass is 10.0. The molecule has 0 bridgehead atoms. The fourth-order valence-corrected chi connectivity index (χ4v) is 2.74. The molecule has 10 heteroatoms. The van der Waals surface area contributed by atoms with E-state index >= 15 is 0 Å². The molecule has 1 aliphatic heterocycles. The van der Waals surface area contributed by atoms with Crippen LogP contribution in [0.3, 0.4) is 0 Å². The minimum atomic E-state index is -4.96. The number of aliphatic hydroxyl groups is 1. The number of alkyl halides is 3. The van der Waals surface area contributed by atoms with Gasteiger partial charge >= 0.3 is 12.0 Å². The summed E-state index contributed by atoms with van der Waals surface area (Å²) in [7, 11) is 0. The Hall–Kier alpha value is -3.40. The van der Waals surface area contributed by atoms with Gasteiger partial charge in [0, 0.05) is 24.7 Å². The number of carbonyl (C=O) groups is 2. The molecule has 3 N–H and O–H groups in total. The van der Waals surface area contributed by atoms with E-state index < -0.39 is 18.4 Å². The molecular formula is C20H18F3N3O4. The summed E-state index contributed by atoms with van der Waals surface area (Å²) in [6.45, 7) is 1.58. The molecule has 1 atom stereocenters. The molecule has 0 radical (unpaired) electrons. The number of hydrogen-bond donors (Lipinski definition) is 3. The van der Waals surface area contributed by atoms with Gasteiger partial charge in [0.25, 0.3) is 5.91 Å². The predicted octanol–water partition coefficient (Wildman–Crippen LogP) is 2.95. The molecule has 0 spiro atoms. The number of nitrogens with one attached hydrogen (secondary N) is 2. The highest BCUT2D eigenvalue weighted by Gasteiger charge is 2.60. The van der Waals surface area contributed by atoms with Gasteiger partial charge in [-0.05, 0) is 35.4 Å². The lowest BCUT2D eigenvalue weighted by molar-refractivity contribution is -0.355. The number of halogens is 3. The van der Waals surface area contributed by atoms with Gasteiger partial charge in [-0.3, -0.25) is 9.59 Å². The van der Waals surface area contributed by atoms with Gasteiger partial charge in [0.05, 0.1) is 12.1 Å². The molecular weight excluding hydrogens is 403 g/mol. The van der Waals surface area contributed by atoms with Gasteiger partial charge in [0.15, 0.2) is 0 Å². The number of hydrogen-bond acceptors (Lipinski definition) is 5. The Balaban J connectivity index is 1.56. The minimum absolute atomic E-state index is 0.0235. The quantitative estimate of drug-likeness (QED) is 0.691. The molecule has 0 aliphatic carbocycles. The highest BCUT2D eigenvalue weighted by atomic mass is 19.4. The molecule has 0 saturated carbocycles. The summed E-state index contributed by atoms with van der Waals surface area (Å²) in [5, 5.41) is 18.2. The van der Waals surface area contributed by atoms with Gasteiger partial charge in [-0.1, -0.05) is 29.4 Å².